The molecular formula is C15H31N3O2. The standard InChI is InChI=1S/C15H31N3O2/c1-5-17(6-2)15(19)9-13(10-16)18-8-7-12(3)14(11-18)20-4/h12-14H,5-11,16H2,1-4H3. The molecule has 1 fully saturated rings. The van der Waals surface area contributed by atoms with Crippen molar-refractivity contribution in [1.29, 1.82) is 0 Å². The maximum atomic E-state index is 12.2. The van der Waals surface area contributed by atoms with Crippen LogP contribution in [0.15, 0.2) is 0 Å². The molecule has 5 nitrogen and oxygen atoms in total. The fourth-order valence-corrected chi connectivity index (χ4v) is 2.96. The van der Waals surface area contributed by atoms with Crippen molar-refractivity contribution >= 4 is 5.91 Å². The number of likely N-dealkylation sites (tertiary alicyclic amines) is 1. The second-order valence-electron chi connectivity index (χ2n) is 5.69. The second kappa shape index (κ2) is 8.60. The number of ether oxygens (including phenoxy) is 1. The van der Waals surface area contributed by atoms with Crippen LogP contribution in [-0.2, 0) is 9.53 Å². The summed E-state index contributed by atoms with van der Waals surface area (Å²) in [6.07, 6.45) is 1.87. The normalized spacial score (nSPS) is 25.4. The lowest BCUT2D eigenvalue weighted by Gasteiger charge is -2.40. The van der Waals surface area contributed by atoms with Gasteiger partial charge in [0.05, 0.1) is 6.10 Å². The van der Waals surface area contributed by atoms with Crippen molar-refractivity contribution in [2.75, 3.05) is 39.8 Å². The first-order valence-corrected chi connectivity index (χ1v) is 7.81. The Balaban J connectivity index is 2.59. The third-order valence-corrected chi connectivity index (χ3v) is 4.54. The lowest BCUT2D eigenvalue weighted by atomic mass is 9.94. The molecule has 1 aliphatic heterocycles. The summed E-state index contributed by atoms with van der Waals surface area (Å²) < 4.78 is 5.55. The number of methoxy groups -OCH3 is 1. The van der Waals surface area contributed by atoms with Crippen LogP contribution in [-0.4, -0.2) is 67.7 Å². The van der Waals surface area contributed by atoms with E-state index in [-0.39, 0.29) is 18.1 Å². The summed E-state index contributed by atoms with van der Waals surface area (Å²) in [6, 6.07) is 0.133. The topological polar surface area (TPSA) is 58.8 Å². The van der Waals surface area contributed by atoms with E-state index in [1.807, 2.05) is 18.7 Å². The van der Waals surface area contributed by atoms with Crippen LogP contribution in [0, 0.1) is 5.92 Å². The molecular weight excluding hydrogens is 254 g/mol. The molecule has 0 bridgehead atoms. The highest BCUT2D eigenvalue weighted by atomic mass is 16.5. The van der Waals surface area contributed by atoms with Crippen LogP contribution in [0.2, 0.25) is 0 Å². The SMILES string of the molecule is CCN(CC)C(=O)CC(CN)N1CCC(C)C(OC)C1. The highest BCUT2D eigenvalue weighted by Crippen LogP contribution is 2.22. The lowest BCUT2D eigenvalue weighted by molar-refractivity contribution is -0.132. The molecule has 118 valence electrons. The van der Waals surface area contributed by atoms with Crippen LogP contribution in [0.25, 0.3) is 0 Å². The van der Waals surface area contributed by atoms with Crippen molar-refractivity contribution in [2.24, 2.45) is 11.7 Å². The first-order chi connectivity index (χ1) is 9.57. The number of nitrogens with zero attached hydrogens (tertiary/aromatic N) is 2. The average molecular weight is 285 g/mol. The predicted octanol–water partition coefficient (Wildman–Crippen LogP) is 0.929. The summed E-state index contributed by atoms with van der Waals surface area (Å²) in [6.45, 7) is 10.2. The van der Waals surface area contributed by atoms with E-state index in [9.17, 15) is 4.79 Å². The molecule has 20 heavy (non-hydrogen) atoms. The van der Waals surface area contributed by atoms with Crippen molar-refractivity contribution in [3.05, 3.63) is 0 Å². The smallest absolute Gasteiger partial charge is 0.224 e. The minimum Gasteiger partial charge on any atom is -0.380 e. The van der Waals surface area contributed by atoms with Gasteiger partial charge in [-0.3, -0.25) is 9.69 Å². The van der Waals surface area contributed by atoms with Crippen LogP contribution >= 0.6 is 0 Å². The highest BCUT2D eigenvalue weighted by Gasteiger charge is 2.31. The van der Waals surface area contributed by atoms with Crippen LogP contribution in [0.5, 0.6) is 0 Å². The number of hydrogen-bond donors (Lipinski definition) is 1. The minimum absolute atomic E-state index is 0.133. The Morgan fingerprint density at radius 2 is 2.10 bits per heavy atom. The highest BCUT2D eigenvalue weighted by molar-refractivity contribution is 5.76. The third kappa shape index (κ3) is 4.43. The Kier molecular flexibility index (Phi) is 7.48. The van der Waals surface area contributed by atoms with Crippen molar-refractivity contribution < 1.29 is 9.53 Å². The molecule has 1 heterocycles. The molecule has 3 atom stereocenters. The van der Waals surface area contributed by atoms with Crippen molar-refractivity contribution in [1.82, 2.24) is 9.80 Å². The molecule has 0 aromatic heterocycles. The fourth-order valence-electron chi connectivity index (χ4n) is 2.96. The molecule has 0 spiro atoms. The Hall–Kier alpha value is -0.650. The van der Waals surface area contributed by atoms with Crippen LogP contribution in [0.1, 0.15) is 33.6 Å². The number of carbonyl (C=O) groups is 1. The summed E-state index contributed by atoms with van der Waals surface area (Å²) >= 11 is 0. The number of hydrogen-bond acceptors (Lipinski definition) is 4. The Morgan fingerprint density at radius 3 is 2.60 bits per heavy atom. The molecule has 1 rings (SSSR count). The van der Waals surface area contributed by atoms with Gasteiger partial charge < -0.3 is 15.4 Å². The van der Waals surface area contributed by atoms with Crippen molar-refractivity contribution in [3.8, 4) is 0 Å². The maximum Gasteiger partial charge on any atom is 0.224 e. The van der Waals surface area contributed by atoms with Gasteiger partial charge in [0, 0.05) is 45.8 Å². The van der Waals surface area contributed by atoms with Crippen LogP contribution < -0.4 is 5.73 Å². The zero-order valence-electron chi connectivity index (χ0n) is 13.5. The maximum absolute atomic E-state index is 12.2. The predicted molar refractivity (Wildman–Crippen MR) is 81.5 cm³/mol. The van der Waals surface area contributed by atoms with Crippen LogP contribution in [0.3, 0.4) is 0 Å². The van der Waals surface area contributed by atoms with Gasteiger partial charge in [-0.2, -0.15) is 0 Å². The number of nitrogens with two attached hydrogens (primary N) is 1. The van der Waals surface area contributed by atoms with E-state index in [0.29, 0.717) is 18.9 Å². The Labute approximate surface area is 123 Å². The van der Waals surface area contributed by atoms with E-state index in [1.54, 1.807) is 7.11 Å². The molecule has 1 aliphatic rings. The third-order valence-electron chi connectivity index (χ3n) is 4.54. The Morgan fingerprint density at radius 1 is 1.45 bits per heavy atom. The van der Waals surface area contributed by atoms with Gasteiger partial charge in [0.1, 0.15) is 0 Å². The van der Waals surface area contributed by atoms with Gasteiger partial charge in [0.25, 0.3) is 0 Å². The van der Waals surface area contributed by atoms with E-state index < -0.39 is 0 Å². The summed E-state index contributed by atoms with van der Waals surface area (Å²) in [4.78, 5) is 16.5. The number of rotatable bonds is 7. The first kappa shape index (κ1) is 17.4. The van der Waals surface area contributed by atoms with Crippen molar-refractivity contribution in [3.63, 3.8) is 0 Å². The number of piperidine rings is 1. The van der Waals surface area contributed by atoms with E-state index in [0.717, 1.165) is 32.6 Å². The number of carbonyl (C=O) groups excluding carboxylic acids is 1. The summed E-state index contributed by atoms with van der Waals surface area (Å²) in [5, 5.41) is 0. The molecule has 1 amide bonds. The Bertz CT molecular complexity index is 295. The first-order valence-electron chi connectivity index (χ1n) is 7.81. The molecule has 0 radical (unpaired) electrons. The van der Waals surface area contributed by atoms with Gasteiger partial charge >= 0.3 is 0 Å². The molecule has 2 N–H and O–H groups in total. The van der Waals surface area contributed by atoms with Gasteiger partial charge in [-0.25, -0.2) is 0 Å². The van der Waals surface area contributed by atoms with E-state index in [2.05, 4.69) is 11.8 Å². The quantitative estimate of drug-likeness (QED) is 0.756. The van der Waals surface area contributed by atoms with Gasteiger partial charge in [-0.05, 0) is 32.7 Å². The van der Waals surface area contributed by atoms with Gasteiger partial charge in [-0.1, -0.05) is 6.92 Å². The van der Waals surface area contributed by atoms with Crippen molar-refractivity contribution in [2.45, 2.75) is 45.8 Å². The van der Waals surface area contributed by atoms with Gasteiger partial charge in [-0.15, -0.1) is 0 Å². The molecule has 0 aliphatic carbocycles. The number of amides is 1. The summed E-state index contributed by atoms with van der Waals surface area (Å²) in [5.74, 6) is 0.784. The fraction of sp³-hybridized carbons (Fsp3) is 0.933. The minimum atomic E-state index is 0.133. The monoisotopic (exact) mass is 285 g/mol. The molecule has 0 aromatic carbocycles. The van der Waals surface area contributed by atoms with E-state index >= 15 is 0 Å². The van der Waals surface area contributed by atoms with Crippen LogP contribution in [0.4, 0.5) is 0 Å². The van der Waals surface area contributed by atoms with Gasteiger partial charge in [0.15, 0.2) is 0 Å². The average Bonchev–Trinajstić information content (AvgIpc) is 2.46. The largest absolute Gasteiger partial charge is 0.380 e. The summed E-state index contributed by atoms with van der Waals surface area (Å²) in [5.41, 5.74) is 5.90. The zero-order chi connectivity index (χ0) is 15.1. The zero-order valence-corrected chi connectivity index (χ0v) is 13.5. The van der Waals surface area contributed by atoms with E-state index in [1.165, 1.54) is 0 Å². The molecule has 5 heteroatoms. The molecule has 0 aromatic rings. The second-order valence-corrected chi connectivity index (χ2v) is 5.69. The van der Waals surface area contributed by atoms with E-state index in [4.69, 9.17) is 10.5 Å². The molecule has 1 saturated heterocycles. The van der Waals surface area contributed by atoms with Gasteiger partial charge in [0.2, 0.25) is 5.91 Å². The molecule has 0 saturated carbocycles. The lowest BCUT2D eigenvalue weighted by Crippen LogP contribution is -2.52. The molecule has 3 unspecified atom stereocenters. The summed E-state index contributed by atoms with van der Waals surface area (Å²) in [7, 11) is 1.77.